The average molecular weight is 527 g/mol. The first-order valence-electron chi connectivity index (χ1n) is 14.5. The molecule has 5 rings (SSSR count). The lowest BCUT2D eigenvalue weighted by molar-refractivity contribution is 0.219. The number of rotatable bonds is 5. The second-order valence-corrected chi connectivity index (χ2v) is 12.8. The Morgan fingerprint density at radius 2 is 1.77 bits per heavy atom. The fourth-order valence-corrected chi connectivity index (χ4v) is 6.69. The Morgan fingerprint density at radius 1 is 1.00 bits per heavy atom. The van der Waals surface area contributed by atoms with Crippen LogP contribution in [0.25, 0.3) is 0 Å². The van der Waals surface area contributed by atoms with E-state index in [1.165, 1.54) is 59.1 Å². The van der Waals surface area contributed by atoms with E-state index in [0.29, 0.717) is 0 Å². The number of anilines is 2. The van der Waals surface area contributed by atoms with Crippen LogP contribution in [0.15, 0.2) is 42.5 Å². The van der Waals surface area contributed by atoms with E-state index in [1.54, 1.807) is 10.6 Å². The van der Waals surface area contributed by atoms with Gasteiger partial charge in [-0.3, -0.25) is 4.90 Å². The Hall–Kier alpha value is -3.02. The van der Waals surface area contributed by atoms with Crippen LogP contribution >= 0.6 is 0 Å². The number of nitrogens with two attached hydrogens (primary N) is 2. The minimum atomic E-state index is 0.00824. The second kappa shape index (κ2) is 10.9. The van der Waals surface area contributed by atoms with Gasteiger partial charge in [-0.2, -0.15) is 0 Å². The summed E-state index contributed by atoms with van der Waals surface area (Å²) in [6.07, 6.45) is 4.96. The van der Waals surface area contributed by atoms with Crippen LogP contribution in [0.2, 0.25) is 0 Å². The highest BCUT2D eigenvalue weighted by Crippen LogP contribution is 2.44. The van der Waals surface area contributed by atoms with Gasteiger partial charge in [-0.15, -0.1) is 0 Å². The standard InChI is InChI=1S/C34H46N4O/c1-22-11-12-25(32(34(3,4)5)27-14-15-30(37(6)36)33(35)23(27)2)19-26(22)20-38-17-18-39-31-16-13-24-9-7-8-10-28(24)29(31)21-38/h11-16,19,32H,7-10,17-18,20-21,35-36H2,1-6H3. The SMILES string of the molecule is Cc1ccc(C(c2ccc(N(C)N)c(N)c2C)C(C)(C)C)cc1CN1CCOc2ccc3c(c2C1)CCCC3. The molecule has 0 spiro atoms. The van der Waals surface area contributed by atoms with Crippen LogP contribution < -0.4 is 21.3 Å². The molecule has 3 aromatic carbocycles. The van der Waals surface area contributed by atoms with Crippen molar-refractivity contribution in [1.29, 1.82) is 0 Å². The first kappa shape index (κ1) is 27.5. The fraction of sp³-hybridized carbons (Fsp3) is 0.471. The van der Waals surface area contributed by atoms with E-state index in [2.05, 4.69) is 82.0 Å². The Labute approximate surface area is 235 Å². The molecule has 0 bridgehead atoms. The fourth-order valence-electron chi connectivity index (χ4n) is 6.69. The van der Waals surface area contributed by atoms with Gasteiger partial charge in [0.15, 0.2) is 0 Å². The third-order valence-electron chi connectivity index (χ3n) is 8.85. The molecule has 4 N–H and O–H groups in total. The van der Waals surface area contributed by atoms with Gasteiger partial charge >= 0.3 is 0 Å². The molecule has 0 radical (unpaired) electrons. The van der Waals surface area contributed by atoms with Gasteiger partial charge < -0.3 is 15.5 Å². The Balaban J connectivity index is 1.48. The number of nitrogens with zero attached hydrogens (tertiary/aromatic N) is 2. The van der Waals surface area contributed by atoms with Crippen LogP contribution in [0.5, 0.6) is 5.75 Å². The summed E-state index contributed by atoms with van der Waals surface area (Å²) < 4.78 is 6.26. The molecule has 1 unspecified atom stereocenters. The minimum Gasteiger partial charge on any atom is -0.492 e. The Kier molecular flexibility index (Phi) is 7.67. The summed E-state index contributed by atoms with van der Waals surface area (Å²) in [5.41, 5.74) is 19.1. The number of fused-ring (bicyclic) bond motifs is 3. The van der Waals surface area contributed by atoms with E-state index in [-0.39, 0.29) is 11.3 Å². The van der Waals surface area contributed by atoms with Gasteiger partial charge in [0.25, 0.3) is 0 Å². The van der Waals surface area contributed by atoms with Crippen molar-refractivity contribution in [2.24, 2.45) is 11.3 Å². The van der Waals surface area contributed by atoms with E-state index in [4.69, 9.17) is 16.3 Å². The Bertz CT molecular complexity index is 1350. The normalized spacial score (nSPS) is 16.6. The third-order valence-corrected chi connectivity index (χ3v) is 8.85. The van der Waals surface area contributed by atoms with Crippen LogP contribution in [0.4, 0.5) is 11.4 Å². The van der Waals surface area contributed by atoms with Crippen molar-refractivity contribution >= 4 is 11.4 Å². The third kappa shape index (κ3) is 5.53. The summed E-state index contributed by atoms with van der Waals surface area (Å²) in [5, 5.41) is 1.60. The maximum atomic E-state index is 6.58. The number of ether oxygens (including phenoxy) is 1. The lowest BCUT2D eigenvalue weighted by Crippen LogP contribution is -2.27. The molecule has 0 saturated heterocycles. The molecule has 0 fully saturated rings. The summed E-state index contributed by atoms with van der Waals surface area (Å²) in [6.45, 7) is 14.9. The molecule has 39 heavy (non-hydrogen) atoms. The van der Waals surface area contributed by atoms with Gasteiger partial charge in [0.2, 0.25) is 0 Å². The van der Waals surface area contributed by atoms with E-state index in [1.807, 2.05) is 7.05 Å². The predicted molar refractivity (Wildman–Crippen MR) is 163 cm³/mol. The van der Waals surface area contributed by atoms with Crippen molar-refractivity contribution in [2.75, 3.05) is 30.9 Å². The topological polar surface area (TPSA) is 67.8 Å². The molecular weight excluding hydrogens is 480 g/mol. The summed E-state index contributed by atoms with van der Waals surface area (Å²) in [4.78, 5) is 2.58. The highest BCUT2D eigenvalue weighted by Gasteiger charge is 2.31. The molecule has 0 amide bonds. The summed E-state index contributed by atoms with van der Waals surface area (Å²) in [7, 11) is 1.83. The highest BCUT2D eigenvalue weighted by atomic mass is 16.5. The van der Waals surface area contributed by atoms with Gasteiger partial charge in [-0.25, -0.2) is 5.84 Å². The molecule has 1 atom stereocenters. The van der Waals surface area contributed by atoms with E-state index >= 15 is 0 Å². The number of hydrazine groups is 1. The van der Waals surface area contributed by atoms with Crippen LogP contribution in [0.3, 0.4) is 0 Å². The van der Waals surface area contributed by atoms with Crippen molar-refractivity contribution in [3.05, 3.63) is 87.0 Å². The van der Waals surface area contributed by atoms with Crippen LogP contribution in [-0.2, 0) is 25.9 Å². The number of hydrogen-bond donors (Lipinski definition) is 2. The highest BCUT2D eigenvalue weighted by molar-refractivity contribution is 5.72. The number of aryl methyl sites for hydroxylation is 2. The van der Waals surface area contributed by atoms with Crippen LogP contribution in [-0.4, -0.2) is 25.1 Å². The quantitative estimate of drug-likeness (QED) is 0.221. The van der Waals surface area contributed by atoms with Crippen LogP contribution in [0.1, 0.15) is 84.0 Å². The van der Waals surface area contributed by atoms with E-state index in [9.17, 15) is 0 Å². The van der Waals surface area contributed by atoms with Crippen molar-refractivity contribution in [3.8, 4) is 5.75 Å². The van der Waals surface area contributed by atoms with Crippen molar-refractivity contribution < 1.29 is 4.74 Å². The first-order valence-corrected chi connectivity index (χ1v) is 14.5. The minimum absolute atomic E-state index is 0.00824. The zero-order valence-electron chi connectivity index (χ0n) is 24.7. The largest absolute Gasteiger partial charge is 0.492 e. The molecular formula is C34H46N4O. The summed E-state index contributed by atoms with van der Waals surface area (Å²) >= 11 is 0. The van der Waals surface area contributed by atoms with Gasteiger partial charge in [0.05, 0.1) is 11.4 Å². The van der Waals surface area contributed by atoms with Crippen molar-refractivity contribution in [2.45, 2.75) is 79.3 Å². The first-order chi connectivity index (χ1) is 18.5. The van der Waals surface area contributed by atoms with Crippen molar-refractivity contribution in [1.82, 2.24) is 4.90 Å². The van der Waals surface area contributed by atoms with Gasteiger partial charge in [0, 0.05) is 38.2 Å². The average Bonchev–Trinajstić information content (AvgIpc) is 3.10. The lowest BCUT2D eigenvalue weighted by Gasteiger charge is -2.34. The molecule has 5 nitrogen and oxygen atoms in total. The van der Waals surface area contributed by atoms with Crippen LogP contribution in [0, 0.1) is 19.3 Å². The molecule has 5 heteroatoms. The molecule has 2 aliphatic rings. The smallest absolute Gasteiger partial charge is 0.124 e. The van der Waals surface area contributed by atoms with E-state index in [0.717, 1.165) is 48.9 Å². The number of hydrogen-bond acceptors (Lipinski definition) is 5. The molecule has 1 aliphatic carbocycles. The second-order valence-electron chi connectivity index (χ2n) is 12.8. The van der Waals surface area contributed by atoms with Gasteiger partial charge in [-0.1, -0.05) is 51.1 Å². The van der Waals surface area contributed by atoms with Gasteiger partial charge in [-0.05, 0) is 96.0 Å². The molecule has 1 heterocycles. The summed E-state index contributed by atoms with van der Waals surface area (Å²) in [6, 6.07) is 15.8. The monoisotopic (exact) mass is 526 g/mol. The maximum absolute atomic E-state index is 6.58. The van der Waals surface area contributed by atoms with Crippen molar-refractivity contribution in [3.63, 3.8) is 0 Å². The van der Waals surface area contributed by atoms with E-state index < -0.39 is 0 Å². The molecule has 0 saturated carbocycles. The lowest BCUT2D eigenvalue weighted by atomic mass is 9.71. The zero-order chi connectivity index (χ0) is 27.9. The predicted octanol–water partition coefficient (Wildman–Crippen LogP) is 6.65. The summed E-state index contributed by atoms with van der Waals surface area (Å²) in [5.74, 6) is 7.35. The molecule has 0 aromatic heterocycles. The number of benzene rings is 3. The number of nitrogen functional groups attached to an aromatic ring is 1. The zero-order valence-corrected chi connectivity index (χ0v) is 24.7. The maximum Gasteiger partial charge on any atom is 0.124 e. The van der Waals surface area contributed by atoms with Gasteiger partial charge in [0.1, 0.15) is 12.4 Å². The molecule has 3 aromatic rings. The molecule has 1 aliphatic heterocycles. The molecule has 208 valence electrons. The Morgan fingerprint density at radius 3 is 2.51 bits per heavy atom.